The maximum atomic E-state index is 11.8. The predicted molar refractivity (Wildman–Crippen MR) is 74.6 cm³/mol. The van der Waals surface area contributed by atoms with Gasteiger partial charge in [-0.25, -0.2) is 4.98 Å². The van der Waals surface area contributed by atoms with Crippen LogP contribution in [0.4, 0.5) is 5.69 Å². The van der Waals surface area contributed by atoms with Crippen LogP contribution < -0.4 is 16.0 Å². The summed E-state index contributed by atoms with van der Waals surface area (Å²) in [6.45, 7) is 0.500. The highest BCUT2D eigenvalue weighted by Crippen LogP contribution is 2.12. The van der Waals surface area contributed by atoms with Crippen LogP contribution in [0.15, 0.2) is 35.4 Å². The number of nitrogens with zero attached hydrogens (tertiary/aromatic N) is 2. The fraction of sp³-hybridized carbons (Fsp3) is 0.231. The predicted octanol–water partition coefficient (Wildman–Crippen LogP) is 1.73. The number of aryl methyl sites for hydroxylation is 2. The summed E-state index contributed by atoms with van der Waals surface area (Å²) in [5.74, 6) is 0.804. The van der Waals surface area contributed by atoms with Gasteiger partial charge in [-0.2, -0.15) is 0 Å². The van der Waals surface area contributed by atoms with Crippen LogP contribution >= 0.6 is 11.6 Å². The molecular weight excluding hydrogens is 266 g/mol. The van der Waals surface area contributed by atoms with E-state index in [0.29, 0.717) is 13.0 Å². The van der Waals surface area contributed by atoms with Crippen LogP contribution in [0.5, 0.6) is 5.75 Å². The highest BCUT2D eigenvalue weighted by molar-refractivity contribution is 6.31. The lowest BCUT2D eigenvalue weighted by Gasteiger charge is -2.07. The molecule has 0 unspecified atom stereocenters. The van der Waals surface area contributed by atoms with Crippen LogP contribution in [-0.4, -0.2) is 16.7 Å². The molecule has 100 valence electrons. The number of nitrogen functional groups attached to an aromatic ring is 1. The Bertz CT molecular complexity index is 623. The van der Waals surface area contributed by atoms with E-state index in [9.17, 15) is 4.79 Å². The Hall–Kier alpha value is -2.01. The monoisotopic (exact) mass is 279 g/mol. The van der Waals surface area contributed by atoms with Crippen molar-refractivity contribution in [2.75, 3.05) is 12.8 Å². The molecule has 19 heavy (non-hydrogen) atoms. The molecule has 6 heteroatoms. The third-order valence-corrected chi connectivity index (χ3v) is 3.13. The molecule has 1 heterocycles. The minimum atomic E-state index is -0.312. The molecule has 0 fully saturated rings. The molecule has 2 aromatic rings. The van der Waals surface area contributed by atoms with E-state index in [1.807, 2.05) is 24.3 Å². The maximum absolute atomic E-state index is 11.8. The van der Waals surface area contributed by atoms with Gasteiger partial charge >= 0.3 is 0 Å². The van der Waals surface area contributed by atoms with Crippen LogP contribution in [0.2, 0.25) is 5.15 Å². The number of anilines is 1. The Morgan fingerprint density at radius 2 is 2.05 bits per heavy atom. The topological polar surface area (TPSA) is 70.1 Å². The van der Waals surface area contributed by atoms with Gasteiger partial charge in [0.05, 0.1) is 13.4 Å². The van der Waals surface area contributed by atoms with E-state index in [0.717, 1.165) is 11.3 Å². The maximum Gasteiger partial charge on any atom is 0.278 e. The van der Waals surface area contributed by atoms with Crippen LogP contribution in [0.3, 0.4) is 0 Å². The Kier molecular flexibility index (Phi) is 4.06. The fourth-order valence-corrected chi connectivity index (χ4v) is 1.81. The van der Waals surface area contributed by atoms with Crippen molar-refractivity contribution in [3.05, 3.63) is 51.7 Å². The first-order valence-electron chi connectivity index (χ1n) is 5.75. The number of nitrogens with two attached hydrogens (primary N) is 1. The zero-order valence-corrected chi connectivity index (χ0v) is 11.2. The molecule has 0 saturated heterocycles. The summed E-state index contributed by atoms with van der Waals surface area (Å²) in [5, 5.41) is 0.0469. The van der Waals surface area contributed by atoms with E-state index in [1.54, 1.807) is 7.11 Å². The molecule has 2 rings (SSSR count). The van der Waals surface area contributed by atoms with Crippen LogP contribution in [-0.2, 0) is 13.0 Å². The third-order valence-electron chi connectivity index (χ3n) is 2.82. The number of rotatable bonds is 4. The average molecular weight is 280 g/mol. The second-order valence-electron chi connectivity index (χ2n) is 4.05. The molecule has 1 aromatic carbocycles. The number of aromatic nitrogens is 2. The molecule has 0 radical (unpaired) electrons. The number of hydrogen-bond donors (Lipinski definition) is 1. The molecule has 1 aromatic heterocycles. The molecule has 0 atom stereocenters. The molecule has 0 amide bonds. The van der Waals surface area contributed by atoms with Gasteiger partial charge in [0.15, 0.2) is 5.15 Å². The normalized spacial score (nSPS) is 10.4. The zero-order chi connectivity index (χ0) is 13.8. The molecule has 0 bridgehead atoms. The lowest BCUT2D eigenvalue weighted by Crippen LogP contribution is -2.24. The summed E-state index contributed by atoms with van der Waals surface area (Å²) in [6.07, 6.45) is 2.11. The van der Waals surface area contributed by atoms with Gasteiger partial charge in [0.1, 0.15) is 11.4 Å². The molecule has 0 aliphatic heterocycles. The van der Waals surface area contributed by atoms with Gasteiger partial charge in [0, 0.05) is 6.54 Å². The number of ether oxygens (including phenoxy) is 1. The molecule has 0 aliphatic rings. The lowest BCUT2D eigenvalue weighted by molar-refractivity contribution is 0.414. The standard InChI is InChI=1S/C13H14ClN3O2/c1-19-10-4-2-9(3-5-10)6-7-17-8-16-12(14)11(15)13(17)18/h2-5,8H,6-7,15H2,1H3. The quantitative estimate of drug-likeness (QED) is 0.866. The summed E-state index contributed by atoms with van der Waals surface area (Å²) < 4.78 is 6.53. The van der Waals surface area contributed by atoms with Gasteiger partial charge in [-0.15, -0.1) is 0 Å². The lowest BCUT2D eigenvalue weighted by atomic mass is 10.1. The largest absolute Gasteiger partial charge is 0.497 e. The molecule has 0 aliphatic carbocycles. The van der Waals surface area contributed by atoms with Crippen molar-refractivity contribution < 1.29 is 4.74 Å². The van der Waals surface area contributed by atoms with E-state index in [-0.39, 0.29) is 16.4 Å². The first-order chi connectivity index (χ1) is 9.11. The van der Waals surface area contributed by atoms with Crippen molar-refractivity contribution in [1.29, 1.82) is 0 Å². The number of halogens is 1. The van der Waals surface area contributed by atoms with E-state index in [2.05, 4.69) is 4.98 Å². The van der Waals surface area contributed by atoms with Crippen molar-refractivity contribution in [1.82, 2.24) is 9.55 Å². The van der Waals surface area contributed by atoms with Gasteiger partial charge in [0.25, 0.3) is 5.56 Å². The van der Waals surface area contributed by atoms with E-state index in [1.165, 1.54) is 10.9 Å². The van der Waals surface area contributed by atoms with Crippen molar-refractivity contribution in [2.24, 2.45) is 0 Å². The Morgan fingerprint density at radius 3 is 2.68 bits per heavy atom. The minimum absolute atomic E-state index is 0.0149. The molecule has 0 saturated carbocycles. The van der Waals surface area contributed by atoms with E-state index >= 15 is 0 Å². The average Bonchev–Trinajstić information content (AvgIpc) is 2.45. The summed E-state index contributed by atoms with van der Waals surface area (Å²) in [7, 11) is 1.62. The Balaban J connectivity index is 2.10. The molecule has 0 spiro atoms. The van der Waals surface area contributed by atoms with Crippen molar-refractivity contribution in [3.8, 4) is 5.75 Å². The SMILES string of the molecule is COc1ccc(CCn2cnc(Cl)c(N)c2=O)cc1. The van der Waals surface area contributed by atoms with Crippen molar-refractivity contribution >= 4 is 17.3 Å². The fourth-order valence-electron chi connectivity index (χ4n) is 1.69. The molecule has 5 nitrogen and oxygen atoms in total. The minimum Gasteiger partial charge on any atom is -0.497 e. The Labute approximate surface area is 115 Å². The highest BCUT2D eigenvalue weighted by atomic mass is 35.5. The number of hydrogen-bond acceptors (Lipinski definition) is 4. The van der Waals surface area contributed by atoms with Crippen LogP contribution in [0.1, 0.15) is 5.56 Å². The first-order valence-corrected chi connectivity index (χ1v) is 6.13. The summed E-state index contributed by atoms with van der Waals surface area (Å²) in [5.41, 5.74) is 6.32. The first kappa shape index (κ1) is 13.4. The third kappa shape index (κ3) is 3.06. The summed E-state index contributed by atoms with van der Waals surface area (Å²) >= 11 is 5.67. The Morgan fingerprint density at radius 1 is 1.37 bits per heavy atom. The van der Waals surface area contributed by atoms with Gasteiger partial charge in [0.2, 0.25) is 0 Å². The van der Waals surface area contributed by atoms with Gasteiger partial charge in [-0.05, 0) is 24.1 Å². The van der Waals surface area contributed by atoms with Crippen molar-refractivity contribution in [2.45, 2.75) is 13.0 Å². The van der Waals surface area contributed by atoms with Gasteiger partial charge in [-0.3, -0.25) is 9.36 Å². The second kappa shape index (κ2) is 5.75. The van der Waals surface area contributed by atoms with Crippen molar-refractivity contribution in [3.63, 3.8) is 0 Å². The van der Waals surface area contributed by atoms with Crippen LogP contribution in [0, 0.1) is 0 Å². The second-order valence-corrected chi connectivity index (χ2v) is 4.40. The van der Waals surface area contributed by atoms with E-state index < -0.39 is 0 Å². The van der Waals surface area contributed by atoms with Gasteiger partial charge < -0.3 is 10.5 Å². The zero-order valence-electron chi connectivity index (χ0n) is 10.5. The summed E-state index contributed by atoms with van der Waals surface area (Å²) in [4.78, 5) is 15.7. The van der Waals surface area contributed by atoms with Crippen LogP contribution in [0.25, 0.3) is 0 Å². The highest BCUT2D eigenvalue weighted by Gasteiger charge is 2.06. The molecule has 2 N–H and O–H groups in total. The number of methoxy groups -OCH3 is 1. The van der Waals surface area contributed by atoms with Gasteiger partial charge in [-0.1, -0.05) is 23.7 Å². The van der Waals surface area contributed by atoms with E-state index in [4.69, 9.17) is 22.1 Å². The summed E-state index contributed by atoms with van der Waals surface area (Å²) in [6, 6.07) is 7.67. The number of benzene rings is 1. The molecular formula is C13H14ClN3O2. The smallest absolute Gasteiger partial charge is 0.278 e.